The average Bonchev–Trinajstić information content (AvgIpc) is 3.24. The Hall–Kier alpha value is -2.41. The SMILES string of the molecule is O=C(O)C1CCN(C(=O)c2cccc(OCc3cscn3)c2)C1. The lowest BCUT2D eigenvalue weighted by Gasteiger charge is -2.16. The van der Waals surface area contributed by atoms with Gasteiger partial charge in [-0.1, -0.05) is 6.07 Å². The van der Waals surface area contributed by atoms with Crippen LogP contribution in [0.2, 0.25) is 0 Å². The molecule has 1 aliphatic heterocycles. The molecule has 23 heavy (non-hydrogen) atoms. The van der Waals surface area contributed by atoms with Gasteiger partial charge in [0.05, 0.1) is 17.1 Å². The van der Waals surface area contributed by atoms with Crippen molar-refractivity contribution in [2.45, 2.75) is 13.0 Å². The van der Waals surface area contributed by atoms with Crippen LogP contribution < -0.4 is 4.74 Å². The summed E-state index contributed by atoms with van der Waals surface area (Å²) in [6.45, 7) is 1.09. The number of carboxylic acids is 1. The number of aliphatic carboxylic acids is 1. The molecule has 2 heterocycles. The number of aromatic nitrogens is 1. The zero-order valence-corrected chi connectivity index (χ0v) is 13.2. The Morgan fingerprint density at radius 1 is 1.43 bits per heavy atom. The predicted octanol–water partition coefficient (Wildman–Crippen LogP) is 2.27. The topological polar surface area (TPSA) is 79.7 Å². The second kappa shape index (κ2) is 6.78. The van der Waals surface area contributed by atoms with E-state index in [-0.39, 0.29) is 12.5 Å². The first kappa shape index (κ1) is 15.5. The van der Waals surface area contributed by atoms with E-state index in [0.717, 1.165) is 5.69 Å². The van der Waals surface area contributed by atoms with E-state index in [2.05, 4.69) is 4.98 Å². The number of carbonyl (C=O) groups is 2. The molecule has 0 bridgehead atoms. The summed E-state index contributed by atoms with van der Waals surface area (Å²) in [7, 11) is 0. The van der Waals surface area contributed by atoms with E-state index in [0.29, 0.717) is 30.9 Å². The summed E-state index contributed by atoms with van der Waals surface area (Å²) in [6, 6.07) is 6.94. The summed E-state index contributed by atoms with van der Waals surface area (Å²) < 4.78 is 5.64. The van der Waals surface area contributed by atoms with Crippen molar-refractivity contribution < 1.29 is 19.4 Å². The molecule has 1 amide bonds. The second-order valence-electron chi connectivity index (χ2n) is 5.37. The van der Waals surface area contributed by atoms with Gasteiger partial charge in [0, 0.05) is 24.0 Å². The molecule has 7 heteroatoms. The van der Waals surface area contributed by atoms with Crippen molar-refractivity contribution in [3.63, 3.8) is 0 Å². The van der Waals surface area contributed by atoms with E-state index < -0.39 is 11.9 Å². The fourth-order valence-corrected chi connectivity index (χ4v) is 3.06. The van der Waals surface area contributed by atoms with Crippen molar-refractivity contribution in [1.82, 2.24) is 9.88 Å². The molecule has 120 valence electrons. The van der Waals surface area contributed by atoms with Crippen molar-refractivity contribution in [3.05, 3.63) is 46.4 Å². The van der Waals surface area contributed by atoms with Gasteiger partial charge in [0.25, 0.3) is 5.91 Å². The van der Waals surface area contributed by atoms with Crippen molar-refractivity contribution >= 4 is 23.2 Å². The van der Waals surface area contributed by atoms with Crippen molar-refractivity contribution in [3.8, 4) is 5.75 Å². The van der Waals surface area contributed by atoms with Crippen LogP contribution in [0.5, 0.6) is 5.75 Å². The van der Waals surface area contributed by atoms with Gasteiger partial charge in [0.2, 0.25) is 0 Å². The van der Waals surface area contributed by atoms with Gasteiger partial charge in [-0.15, -0.1) is 11.3 Å². The fourth-order valence-electron chi connectivity index (χ4n) is 2.51. The molecule has 0 saturated carbocycles. The van der Waals surface area contributed by atoms with Crippen LogP contribution >= 0.6 is 11.3 Å². The highest BCUT2D eigenvalue weighted by molar-refractivity contribution is 7.07. The minimum atomic E-state index is -0.847. The summed E-state index contributed by atoms with van der Waals surface area (Å²) in [4.78, 5) is 29.2. The van der Waals surface area contributed by atoms with E-state index in [1.807, 2.05) is 5.38 Å². The number of nitrogens with zero attached hydrogens (tertiary/aromatic N) is 2. The van der Waals surface area contributed by atoms with Gasteiger partial charge in [-0.2, -0.15) is 0 Å². The maximum absolute atomic E-state index is 12.5. The summed E-state index contributed by atoms with van der Waals surface area (Å²) >= 11 is 1.50. The highest BCUT2D eigenvalue weighted by Crippen LogP contribution is 2.21. The zero-order chi connectivity index (χ0) is 16.2. The maximum atomic E-state index is 12.5. The number of hydrogen-bond acceptors (Lipinski definition) is 5. The molecular formula is C16H16N2O4S. The number of rotatable bonds is 5. The van der Waals surface area contributed by atoms with Crippen LogP contribution in [0.25, 0.3) is 0 Å². The lowest BCUT2D eigenvalue weighted by atomic mass is 10.1. The molecule has 1 atom stereocenters. The third-order valence-electron chi connectivity index (χ3n) is 3.78. The molecule has 1 saturated heterocycles. The highest BCUT2D eigenvalue weighted by Gasteiger charge is 2.31. The average molecular weight is 332 g/mol. The molecule has 1 fully saturated rings. The van der Waals surface area contributed by atoms with Crippen LogP contribution in [0, 0.1) is 5.92 Å². The summed E-state index contributed by atoms with van der Waals surface area (Å²) in [5.74, 6) is -0.880. The number of hydrogen-bond donors (Lipinski definition) is 1. The van der Waals surface area contributed by atoms with Gasteiger partial charge in [-0.05, 0) is 24.6 Å². The van der Waals surface area contributed by atoms with E-state index >= 15 is 0 Å². The number of thiazole rings is 1. The van der Waals surface area contributed by atoms with E-state index in [1.54, 1.807) is 34.7 Å². The van der Waals surface area contributed by atoms with Gasteiger partial charge in [0.1, 0.15) is 12.4 Å². The standard InChI is InChI=1S/C16H16N2O4S/c19-15(18-5-4-12(7-18)16(20)21)11-2-1-3-14(6-11)22-8-13-9-23-10-17-13/h1-3,6,9-10,12H,4-5,7-8H2,(H,20,21). The van der Waals surface area contributed by atoms with E-state index in [9.17, 15) is 9.59 Å². The number of ether oxygens (including phenoxy) is 1. The van der Waals surface area contributed by atoms with Crippen LogP contribution in [0.4, 0.5) is 0 Å². The molecule has 1 N–H and O–H groups in total. The Balaban J connectivity index is 1.65. The molecule has 1 aromatic heterocycles. The molecule has 0 radical (unpaired) electrons. The van der Waals surface area contributed by atoms with Gasteiger partial charge in [-0.3, -0.25) is 9.59 Å². The molecule has 3 rings (SSSR count). The van der Waals surface area contributed by atoms with Crippen molar-refractivity contribution in [2.75, 3.05) is 13.1 Å². The van der Waals surface area contributed by atoms with E-state index in [4.69, 9.17) is 9.84 Å². The minimum absolute atomic E-state index is 0.159. The Morgan fingerprint density at radius 3 is 3.00 bits per heavy atom. The second-order valence-corrected chi connectivity index (χ2v) is 6.09. The predicted molar refractivity (Wildman–Crippen MR) is 84.5 cm³/mol. The van der Waals surface area contributed by atoms with Crippen molar-refractivity contribution in [1.29, 1.82) is 0 Å². The largest absolute Gasteiger partial charge is 0.487 e. The van der Waals surface area contributed by atoms with Gasteiger partial charge < -0.3 is 14.7 Å². The minimum Gasteiger partial charge on any atom is -0.487 e. The molecule has 6 nitrogen and oxygen atoms in total. The third kappa shape index (κ3) is 3.68. The van der Waals surface area contributed by atoms with Gasteiger partial charge >= 0.3 is 5.97 Å². The lowest BCUT2D eigenvalue weighted by Crippen LogP contribution is -2.29. The Bertz CT molecular complexity index is 702. The Morgan fingerprint density at radius 2 is 2.30 bits per heavy atom. The lowest BCUT2D eigenvalue weighted by molar-refractivity contribution is -0.141. The van der Waals surface area contributed by atoms with Crippen LogP contribution in [0.3, 0.4) is 0 Å². The Kier molecular flexibility index (Phi) is 4.57. The monoisotopic (exact) mass is 332 g/mol. The first-order valence-corrected chi connectivity index (χ1v) is 8.20. The number of amides is 1. The molecule has 0 aliphatic carbocycles. The molecule has 2 aromatic rings. The first-order chi connectivity index (χ1) is 11.1. The smallest absolute Gasteiger partial charge is 0.308 e. The fraction of sp³-hybridized carbons (Fsp3) is 0.312. The number of benzene rings is 1. The van der Waals surface area contributed by atoms with Crippen LogP contribution in [-0.4, -0.2) is 40.0 Å². The van der Waals surface area contributed by atoms with Gasteiger partial charge in [0.15, 0.2) is 0 Å². The summed E-state index contributed by atoms with van der Waals surface area (Å²) in [5, 5.41) is 10.9. The maximum Gasteiger partial charge on any atom is 0.308 e. The summed E-state index contributed by atoms with van der Waals surface area (Å²) in [5.41, 5.74) is 3.09. The molecule has 1 aliphatic rings. The van der Waals surface area contributed by atoms with Crippen molar-refractivity contribution in [2.24, 2.45) is 5.92 Å². The van der Waals surface area contributed by atoms with Gasteiger partial charge in [-0.25, -0.2) is 4.98 Å². The Labute approximate surface area is 137 Å². The van der Waals surface area contributed by atoms with Crippen LogP contribution in [0.15, 0.2) is 35.2 Å². The highest BCUT2D eigenvalue weighted by atomic mass is 32.1. The first-order valence-electron chi connectivity index (χ1n) is 7.25. The molecule has 0 spiro atoms. The summed E-state index contributed by atoms with van der Waals surface area (Å²) in [6.07, 6.45) is 0.501. The third-order valence-corrected chi connectivity index (χ3v) is 4.41. The molecule has 1 aromatic carbocycles. The molecule has 1 unspecified atom stereocenters. The number of carboxylic acid groups (broad SMARTS) is 1. The quantitative estimate of drug-likeness (QED) is 0.908. The number of likely N-dealkylation sites (tertiary alicyclic amines) is 1. The molecular weight excluding hydrogens is 316 g/mol. The number of carbonyl (C=O) groups excluding carboxylic acids is 1. The van der Waals surface area contributed by atoms with E-state index in [1.165, 1.54) is 11.3 Å². The van der Waals surface area contributed by atoms with Crippen LogP contribution in [-0.2, 0) is 11.4 Å². The zero-order valence-electron chi connectivity index (χ0n) is 12.3. The normalized spacial score (nSPS) is 17.2. The van der Waals surface area contributed by atoms with Crippen LogP contribution in [0.1, 0.15) is 22.5 Å².